The molecule has 0 bridgehead atoms. The summed E-state index contributed by atoms with van der Waals surface area (Å²) in [6.07, 6.45) is 2.85. The number of halogens is 2. The molecule has 4 nitrogen and oxygen atoms in total. The Bertz CT molecular complexity index is 433. The number of benzene rings is 1. The number of likely N-dealkylation sites (N-methyl/N-ethyl adjacent to an activating group) is 1. The van der Waals surface area contributed by atoms with Gasteiger partial charge in [-0.25, -0.2) is 4.39 Å². The Morgan fingerprint density at radius 2 is 2.19 bits per heavy atom. The van der Waals surface area contributed by atoms with E-state index in [0.717, 1.165) is 6.07 Å². The molecule has 0 heterocycles. The van der Waals surface area contributed by atoms with Crippen LogP contribution >= 0.6 is 0 Å². The van der Waals surface area contributed by atoms with Crippen LogP contribution in [0.5, 0.6) is 0 Å². The minimum absolute atomic E-state index is 0.0854. The van der Waals surface area contributed by atoms with Gasteiger partial charge in [-0.3, -0.25) is 10.1 Å². The fourth-order valence-electron chi connectivity index (χ4n) is 1.21. The third kappa shape index (κ3) is 2.83. The van der Waals surface area contributed by atoms with Crippen LogP contribution in [0.25, 0.3) is 6.08 Å². The van der Waals surface area contributed by atoms with Gasteiger partial charge in [-0.1, -0.05) is 12.2 Å². The minimum Gasteiger partial charge on any atom is -0.316 e. The van der Waals surface area contributed by atoms with E-state index in [4.69, 9.17) is 0 Å². The lowest BCUT2D eigenvalue weighted by Gasteiger charge is -1.99. The topological polar surface area (TPSA) is 55.2 Å². The summed E-state index contributed by atoms with van der Waals surface area (Å²) in [4.78, 5) is 9.71. The van der Waals surface area contributed by atoms with Crippen LogP contribution in [0.3, 0.4) is 0 Å². The van der Waals surface area contributed by atoms with Gasteiger partial charge in [0.2, 0.25) is 5.82 Å². The van der Waals surface area contributed by atoms with Crippen molar-refractivity contribution >= 4 is 11.8 Å². The summed E-state index contributed by atoms with van der Waals surface area (Å²) >= 11 is 0. The first kappa shape index (κ1) is 12.3. The summed E-state index contributed by atoms with van der Waals surface area (Å²) in [5, 5.41) is 13.4. The predicted molar refractivity (Wildman–Crippen MR) is 56.0 cm³/mol. The van der Waals surface area contributed by atoms with Gasteiger partial charge >= 0.3 is 5.69 Å². The fourth-order valence-corrected chi connectivity index (χ4v) is 1.21. The molecule has 0 saturated heterocycles. The molecule has 0 fully saturated rings. The normalized spacial score (nSPS) is 10.9. The van der Waals surface area contributed by atoms with Gasteiger partial charge in [-0.05, 0) is 13.1 Å². The van der Waals surface area contributed by atoms with Crippen LogP contribution in [0.15, 0.2) is 18.2 Å². The molecule has 1 aromatic rings. The molecule has 0 unspecified atom stereocenters. The van der Waals surface area contributed by atoms with Crippen LogP contribution in [0.4, 0.5) is 14.5 Å². The number of nitro benzene ring substituents is 1. The molecule has 1 aromatic carbocycles. The Morgan fingerprint density at radius 3 is 2.75 bits per heavy atom. The number of rotatable bonds is 4. The first-order valence-electron chi connectivity index (χ1n) is 4.51. The molecule has 0 spiro atoms. The Balaban J connectivity index is 3.19. The van der Waals surface area contributed by atoms with Crippen LogP contribution < -0.4 is 5.32 Å². The quantitative estimate of drug-likeness (QED) is 0.634. The monoisotopic (exact) mass is 228 g/mol. The molecule has 1 rings (SSSR count). The van der Waals surface area contributed by atoms with Crippen LogP contribution in [0.1, 0.15) is 5.56 Å². The Morgan fingerprint density at radius 1 is 1.50 bits per heavy atom. The largest absolute Gasteiger partial charge is 0.316 e. The SMILES string of the molecule is CNCC=Cc1cc(F)cc(F)c1[N+](=O)[O-]. The molecule has 86 valence electrons. The van der Waals surface area contributed by atoms with Crippen LogP contribution in [-0.4, -0.2) is 18.5 Å². The smallest absolute Gasteiger partial charge is 0.312 e. The number of hydrogen-bond donors (Lipinski definition) is 1. The van der Waals surface area contributed by atoms with E-state index >= 15 is 0 Å². The zero-order valence-electron chi connectivity index (χ0n) is 8.54. The van der Waals surface area contributed by atoms with Gasteiger partial charge in [-0.15, -0.1) is 0 Å². The highest BCUT2D eigenvalue weighted by atomic mass is 19.1. The third-order valence-corrected chi connectivity index (χ3v) is 1.86. The van der Waals surface area contributed by atoms with E-state index in [-0.39, 0.29) is 5.56 Å². The Labute approximate surface area is 90.7 Å². The molecule has 6 heteroatoms. The lowest BCUT2D eigenvalue weighted by Crippen LogP contribution is -2.04. The average Bonchev–Trinajstić information content (AvgIpc) is 2.16. The number of hydrogen-bond acceptors (Lipinski definition) is 3. The molecule has 0 aliphatic rings. The molecule has 0 radical (unpaired) electrons. The zero-order chi connectivity index (χ0) is 12.1. The summed E-state index contributed by atoms with van der Waals surface area (Å²) in [6.45, 7) is 0.454. The van der Waals surface area contributed by atoms with Gasteiger partial charge < -0.3 is 5.32 Å². The number of nitrogens with one attached hydrogen (secondary N) is 1. The van der Waals surface area contributed by atoms with Crippen LogP contribution in [0.2, 0.25) is 0 Å². The maximum Gasteiger partial charge on any atom is 0.312 e. The molecule has 16 heavy (non-hydrogen) atoms. The highest BCUT2D eigenvalue weighted by Gasteiger charge is 2.19. The molecule has 0 amide bonds. The molecular formula is C10H10F2N2O2. The molecular weight excluding hydrogens is 218 g/mol. The minimum atomic E-state index is -1.17. The van der Waals surface area contributed by atoms with Gasteiger partial charge in [0.1, 0.15) is 5.82 Å². The lowest BCUT2D eigenvalue weighted by atomic mass is 10.1. The van der Waals surface area contributed by atoms with Gasteiger partial charge in [0.25, 0.3) is 0 Å². The second kappa shape index (κ2) is 5.32. The van der Waals surface area contributed by atoms with E-state index in [1.54, 1.807) is 13.1 Å². The van der Waals surface area contributed by atoms with Crippen molar-refractivity contribution in [1.82, 2.24) is 5.32 Å². The maximum atomic E-state index is 13.1. The van der Waals surface area contributed by atoms with Crippen molar-refractivity contribution in [3.05, 3.63) is 45.5 Å². The van der Waals surface area contributed by atoms with E-state index in [9.17, 15) is 18.9 Å². The molecule has 0 aliphatic heterocycles. The molecule has 0 saturated carbocycles. The fraction of sp³-hybridized carbons (Fsp3) is 0.200. The van der Waals surface area contributed by atoms with Gasteiger partial charge in [0.05, 0.1) is 10.5 Å². The molecule has 0 aromatic heterocycles. The summed E-state index contributed by atoms with van der Waals surface area (Å²) in [5.41, 5.74) is -0.800. The van der Waals surface area contributed by atoms with E-state index in [0.29, 0.717) is 12.6 Å². The van der Waals surface area contributed by atoms with Gasteiger partial charge in [0.15, 0.2) is 0 Å². The lowest BCUT2D eigenvalue weighted by molar-refractivity contribution is -0.387. The van der Waals surface area contributed by atoms with Gasteiger partial charge in [0, 0.05) is 12.6 Å². The van der Waals surface area contributed by atoms with Crippen molar-refractivity contribution in [1.29, 1.82) is 0 Å². The second-order valence-electron chi connectivity index (χ2n) is 3.04. The summed E-state index contributed by atoms with van der Waals surface area (Å²) in [6, 6.07) is 1.42. The van der Waals surface area contributed by atoms with E-state index in [1.807, 2.05) is 0 Å². The van der Waals surface area contributed by atoms with Crippen molar-refractivity contribution in [2.45, 2.75) is 0 Å². The van der Waals surface area contributed by atoms with E-state index in [2.05, 4.69) is 5.32 Å². The maximum absolute atomic E-state index is 13.1. The predicted octanol–water partition coefficient (Wildman–Crippen LogP) is 2.11. The van der Waals surface area contributed by atoms with Crippen molar-refractivity contribution in [2.24, 2.45) is 0 Å². The first-order chi connectivity index (χ1) is 7.56. The molecule has 0 aliphatic carbocycles. The van der Waals surface area contributed by atoms with Crippen molar-refractivity contribution < 1.29 is 13.7 Å². The summed E-state index contributed by atoms with van der Waals surface area (Å²) < 4.78 is 26.0. The summed E-state index contributed by atoms with van der Waals surface area (Å²) in [7, 11) is 1.69. The van der Waals surface area contributed by atoms with E-state index in [1.165, 1.54) is 6.08 Å². The molecule has 1 N–H and O–H groups in total. The average molecular weight is 228 g/mol. The Hall–Kier alpha value is -1.82. The third-order valence-electron chi connectivity index (χ3n) is 1.86. The zero-order valence-corrected chi connectivity index (χ0v) is 8.54. The van der Waals surface area contributed by atoms with Crippen molar-refractivity contribution in [2.75, 3.05) is 13.6 Å². The van der Waals surface area contributed by atoms with Gasteiger partial charge in [-0.2, -0.15) is 4.39 Å². The summed E-state index contributed by atoms with van der Waals surface area (Å²) in [5.74, 6) is -2.01. The number of nitrogens with zero attached hydrogens (tertiary/aromatic N) is 1. The van der Waals surface area contributed by atoms with Crippen LogP contribution in [-0.2, 0) is 0 Å². The van der Waals surface area contributed by atoms with Crippen LogP contribution in [0, 0.1) is 21.7 Å². The van der Waals surface area contributed by atoms with Crippen molar-refractivity contribution in [3.8, 4) is 0 Å². The van der Waals surface area contributed by atoms with Crippen molar-refractivity contribution in [3.63, 3.8) is 0 Å². The highest BCUT2D eigenvalue weighted by Crippen LogP contribution is 2.24. The van der Waals surface area contributed by atoms with E-state index < -0.39 is 22.2 Å². The molecule has 0 atom stereocenters. The number of nitro groups is 1. The highest BCUT2D eigenvalue weighted by molar-refractivity contribution is 5.61. The first-order valence-corrected chi connectivity index (χ1v) is 4.51. The standard InChI is InChI=1S/C10H10F2N2O2/c1-13-4-2-3-7-5-8(11)6-9(12)10(7)14(15)16/h2-3,5-6,13H,4H2,1H3. The Kier molecular flexibility index (Phi) is 4.07. The second-order valence-corrected chi connectivity index (χ2v) is 3.04.